The first kappa shape index (κ1) is 15.8. The van der Waals surface area contributed by atoms with Crippen molar-refractivity contribution < 1.29 is 8.42 Å². The first-order valence-electron chi connectivity index (χ1n) is 7.28. The molecule has 3 nitrogen and oxygen atoms in total. The van der Waals surface area contributed by atoms with Gasteiger partial charge in [-0.1, -0.05) is 30.7 Å². The van der Waals surface area contributed by atoms with Crippen molar-refractivity contribution in [3.05, 3.63) is 53.8 Å². The number of aryl methyl sites for hydroxylation is 1. The average molecular weight is 305 g/mol. The summed E-state index contributed by atoms with van der Waals surface area (Å²) in [6, 6.07) is 7.06. The van der Waals surface area contributed by atoms with Gasteiger partial charge in [0.2, 0.25) is 0 Å². The Balaban J connectivity index is 2.39. The number of hydrogen-bond donors (Lipinski definition) is 0. The van der Waals surface area contributed by atoms with Gasteiger partial charge in [-0.2, -0.15) is 0 Å². The van der Waals surface area contributed by atoms with Crippen LogP contribution in [-0.4, -0.2) is 19.3 Å². The second-order valence-electron chi connectivity index (χ2n) is 5.71. The summed E-state index contributed by atoms with van der Waals surface area (Å²) in [6.45, 7) is 10.3. The largest absolute Gasteiger partial charge is 0.270 e. The maximum absolute atomic E-state index is 12.9. The molecule has 2 rings (SSSR count). The minimum absolute atomic E-state index is 0.269. The van der Waals surface area contributed by atoms with Crippen LogP contribution < -0.4 is 0 Å². The molecule has 0 fully saturated rings. The summed E-state index contributed by atoms with van der Waals surface area (Å²) in [5, 5.41) is 0. The first-order valence-corrected chi connectivity index (χ1v) is 8.72. The zero-order valence-electron chi connectivity index (χ0n) is 13.0. The van der Waals surface area contributed by atoms with Gasteiger partial charge in [0, 0.05) is 12.2 Å². The Morgan fingerprint density at radius 2 is 1.90 bits per heavy atom. The zero-order valence-corrected chi connectivity index (χ0v) is 13.8. The normalized spacial score (nSPS) is 19.2. The monoisotopic (exact) mass is 305 g/mol. The van der Waals surface area contributed by atoms with Crippen LogP contribution in [0.25, 0.3) is 0 Å². The van der Waals surface area contributed by atoms with Crippen LogP contribution in [0.5, 0.6) is 0 Å². The molecule has 0 aromatic heterocycles. The van der Waals surface area contributed by atoms with E-state index < -0.39 is 10.0 Å². The van der Waals surface area contributed by atoms with Crippen molar-refractivity contribution in [1.29, 1.82) is 0 Å². The van der Waals surface area contributed by atoms with Gasteiger partial charge in [-0.05, 0) is 50.3 Å². The van der Waals surface area contributed by atoms with E-state index in [1.807, 2.05) is 32.1 Å². The summed E-state index contributed by atoms with van der Waals surface area (Å²) in [5.41, 5.74) is 3.16. The third kappa shape index (κ3) is 3.05. The van der Waals surface area contributed by atoms with E-state index in [-0.39, 0.29) is 5.92 Å². The van der Waals surface area contributed by atoms with Crippen molar-refractivity contribution in [3.63, 3.8) is 0 Å². The third-order valence-corrected chi connectivity index (χ3v) is 5.95. The molecule has 4 heteroatoms. The lowest BCUT2D eigenvalue weighted by molar-refractivity contribution is 0.465. The molecule has 0 radical (unpaired) electrons. The minimum atomic E-state index is -3.46. The summed E-state index contributed by atoms with van der Waals surface area (Å²) >= 11 is 0. The van der Waals surface area contributed by atoms with Crippen LogP contribution in [0.3, 0.4) is 0 Å². The van der Waals surface area contributed by atoms with Crippen molar-refractivity contribution in [2.45, 2.75) is 38.5 Å². The molecule has 1 heterocycles. The van der Waals surface area contributed by atoms with Crippen LogP contribution in [0.1, 0.15) is 32.3 Å². The van der Waals surface area contributed by atoms with Crippen LogP contribution in [0.4, 0.5) is 0 Å². The Hall–Kier alpha value is -1.55. The summed E-state index contributed by atoms with van der Waals surface area (Å²) in [6.07, 6.45) is 3.35. The summed E-state index contributed by atoms with van der Waals surface area (Å²) in [7, 11) is -3.46. The smallest absolute Gasteiger partial charge is 0.264 e. The molecule has 0 aliphatic carbocycles. The van der Waals surface area contributed by atoms with Gasteiger partial charge in [0.05, 0.1) is 4.90 Å². The molecular weight excluding hydrogens is 282 g/mol. The molecule has 1 aliphatic rings. The number of nitrogens with zero attached hydrogens (tertiary/aromatic N) is 1. The van der Waals surface area contributed by atoms with Gasteiger partial charge in [0.15, 0.2) is 0 Å². The van der Waals surface area contributed by atoms with Crippen LogP contribution in [0, 0.1) is 12.8 Å². The van der Waals surface area contributed by atoms with Gasteiger partial charge in [0.25, 0.3) is 10.0 Å². The summed E-state index contributed by atoms with van der Waals surface area (Å²) < 4.78 is 27.3. The molecule has 21 heavy (non-hydrogen) atoms. The van der Waals surface area contributed by atoms with Gasteiger partial charge >= 0.3 is 0 Å². The maximum atomic E-state index is 12.9. The van der Waals surface area contributed by atoms with Crippen LogP contribution in [0.15, 0.2) is 53.1 Å². The Kier molecular flexibility index (Phi) is 4.57. The minimum Gasteiger partial charge on any atom is -0.270 e. The average Bonchev–Trinajstić information content (AvgIpc) is 2.74. The molecule has 1 unspecified atom stereocenters. The highest BCUT2D eigenvalue weighted by Crippen LogP contribution is 2.35. The molecule has 0 N–H and O–H groups in total. The number of benzene rings is 1. The lowest BCUT2D eigenvalue weighted by Gasteiger charge is -2.23. The van der Waals surface area contributed by atoms with Crippen molar-refractivity contribution in [3.8, 4) is 0 Å². The molecule has 1 atom stereocenters. The SMILES string of the molecule is C=CCCC1=C(C)C(C)CN1S(=O)(=O)c1ccc(C)cc1. The molecule has 0 saturated carbocycles. The fraction of sp³-hybridized carbons (Fsp3) is 0.412. The van der Waals surface area contributed by atoms with E-state index in [9.17, 15) is 8.42 Å². The van der Waals surface area contributed by atoms with Crippen molar-refractivity contribution >= 4 is 10.0 Å². The van der Waals surface area contributed by atoms with Crippen molar-refractivity contribution in [1.82, 2.24) is 4.31 Å². The Morgan fingerprint density at radius 1 is 1.29 bits per heavy atom. The summed E-state index contributed by atoms with van der Waals surface area (Å²) in [5.74, 6) is 0.269. The zero-order chi connectivity index (χ0) is 15.6. The second kappa shape index (κ2) is 6.06. The van der Waals surface area contributed by atoms with Crippen LogP contribution in [0.2, 0.25) is 0 Å². The Bertz CT molecular complexity index is 657. The molecule has 0 amide bonds. The van der Waals surface area contributed by atoms with E-state index in [2.05, 4.69) is 13.5 Å². The van der Waals surface area contributed by atoms with E-state index >= 15 is 0 Å². The van der Waals surface area contributed by atoms with E-state index in [0.29, 0.717) is 11.4 Å². The fourth-order valence-electron chi connectivity index (χ4n) is 2.62. The third-order valence-electron chi connectivity index (χ3n) is 4.13. The van der Waals surface area contributed by atoms with E-state index in [0.717, 1.165) is 24.1 Å². The van der Waals surface area contributed by atoms with Crippen molar-refractivity contribution in [2.24, 2.45) is 5.92 Å². The quantitative estimate of drug-likeness (QED) is 0.774. The highest BCUT2D eigenvalue weighted by Gasteiger charge is 2.34. The predicted octanol–water partition coefficient (Wildman–Crippen LogP) is 3.88. The molecule has 1 aliphatic heterocycles. The standard InChI is InChI=1S/C17H23NO2S/c1-5-6-7-17-15(4)14(3)12-18(17)21(19,20)16-10-8-13(2)9-11-16/h5,8-11,14H,1,6-7,12H2,2-4H3. The molecule has 114 valence electrons. The number of allylic oxidation sites excluding steroid dienone is 2. The topological polar surface area (TPSA) is 37.4 Å². The maximum Gasteiger partial charge on any atom is 0.264 e. The number of rotatable bonds is 5. The van der Waals surface area contributed by atoms with E-state index in [4.69, 9.17) is 0 Å². The van der Waals surface area contributed by atoms with Crippen LogP contribution in [-0.2, 0) is 10.0 Å². The van der Waals surface area contributed by atoms with Gasteiger partial charge < -0.3 is 0 Å². The van der Waals surface area contributed by atoms with Crippen molar-refractivity contribution in [2.75, 3.05) is 6.54 Å². The number of sulfonamides is 1. The molecule has 0 saturated heterocycles. The Labute approximate surface area is 128 Å². The predicted molar refractivity (Wildman–Crippen MR) is 86.4 cm³/mol. The van der Waals surface area contributed by atoms with E-state index in [1.54, 1.807) is 16.4 Å². The lowest BCUT2D eigenvalue weighted by atomic mass is 10.0. The van der Waals surface area contributed by atoms with Gasteiger partial charge in [-0.25, -0.2) is 8.42 Å². The van der Waals surface area contributed by atoms with Gasteiger partial charge in [-0.15, -0.1) is 6.58 Å². The number of hydrogen-bond acceptors (Lipinski definition) is 2. The van der Waals surface area contributed by atoms with Crippen LogP contribution >= 0.6 is 0 Å². The molecule has 1 aromatic carbocycles. The molecule has 1 aromatic rings. The molecule has 0 spiro atoms. The highest BCUT2D eigenvalue weighted by atomic mass is 32.2. The summed E-state index contributed by atoms with van der Waals surface area (Å²) in [4.78, 5) is 0.367. The Morgan fingerprint density at radius 3 is 2.48 bits per heavy atom. The second-order valence-corrected chi connectivity index (χ2v) is 7.57. The van der Waals surface area contributed by atoms with E-state index in [1.165, 1.54) is 5.57 Å². The highest BCUT2D eigenvalue weighted by molar-refractivity contribution is 7.89. The molecular formula is C17H23NO2S. The lowest BCUT2D eigenvalue weighted by Crippen LogP contribution is -2.29. The van der Waals surface area contributed by atoms with Gasteiger partial charge in [-0.3, -0.25) is 4.31 Å². The molecule has 0 bridgehead atoms. The van der Waals surface area contributed by atoms with Gasteiger partial charge in [0.1, 0.15) is 0 Å². The first-order chi connectivity index (χ1) is 9.87. The fourth-order valence-corrected chi connectivity index (χ4v) is 4.30.